The predicted molar refractivity (Wildman–Crippen MR) is 55.1 cm³/mol. The van der Waals surface area contributed by atoms with Crippen LogP contribution in [-0.4, -0.2) is 4.98 Å². The number of halogens is 2. The van der Waals surface area contributed by atoms with Crippen LogP contribution < -0.4 is 10.5 Å². The number of hydrogen-bond donors (Lipinski definition) is 1. The molecule has 5 heteroatoms. The van der Waals surface area contributed by atoms with Gasteiger partial charge in [-0.1, -0.05) is 6.07 Å². The third-order valence-electron chi connectivity index (χ3n) is 1.86. The first kappa shape index (κ1) is 10.4. The topological polar surface area (TPSA) is 48.1 Å². The Kier molecular flexibility index (Phi) is 2.68. The molecule has 0 aliphatic carbocycles. The van der Waals surface area contributed by atoms with Gasteiger partial charge >= 0.3 is 0 Å². The van der Waals surface area contributed by atoms with Gasteiger partial charge in [-0.15, -0.1) is 0 Å². The van der Waals surface area contributed by atoms with E-state index >= 15 is 0 Å². The zero-order valence-corrected chi connectivity index (χ0v) is 8.15. The highest BCUT2D eigenvalue weighted by molar-refractivity contribution is 5.34. The Hall–Kier alpha value is -2.17. The van der Waals surface area contributed by atoms with Crippen molar-refractivity contribution in [3.63, 3.8) is 0 Å². The Morgan fingerprint density at radius 3 is 2.56 bits per heavy atom. The fourth-order valence-corrected chi connectivity index (χ4v) is 1.15. The van der Waals surface area contributed by atoms with Crippen molar-refractivity contribution in [3.05, 3.63) is 48.0 Å². The van der Waals surface area contributed by atoms with Crippen LogP contribution in [0, 0.1) is 11.6 Å². The lowest BCUT2D eigenvalue weighted by atomic mass is 10.3. The number of nitrogens with two attached hydrogens (primary N) is 1. The molecule has 0 unspecified atom stereocenters. The molecule has 1 aromatic heterocycles. The Morgan fingerprint density at radius 2 is 1.88 bits per heavy atom. The van der Waals surface area contributed by atoms with Gasteiger partial charge in [0.2, 0.25) is 5.88 Å². The Bertz CT molecular complexity index is 517. The van der Waals surface area contributed by atoms with Crippen LogP contribution in [0.1, 0.15) is 0 Å². The molecule has 0 saturated carbocycles. The predicted octanol–water partition coefficient (Wildman–Crippen LogP) is 2.73. The molecular formula is C11H8F2N2O. The summed E-state index contributed by atoms with van der Waals surface area (Å²) in [5.74, 6) is -1.21. The number of hydrogen-bond acceptors (Lipinski definition) is 3. The van der Waals surface area contributed by atoms with E-state index in [1.54, 1.807) is 18.2 Å². The zero-order chi connectivity index (χ0) is 11.5. The van der Waals surface area contributed by atoms with E-state index in [2.05, 4.69) is 4.98 Å². The van der Waals surface area contributed by atoms with Crippen LogP contribution in [-0.2, 0) is 0 Å². The largest absolute Gasteiger partial charge is 0.439 e. The van der Waals surface area contributed by atoms with E-state index in [0.29, 0.717) is 5.82 Å². The van der Waals surface area contributed by atoms with Crippen molar-refractivity contribution in [2.24, 2.45) is 0 Å². The van der Waals surface area contributed by atoms with Crippen LogP contribution in [0.5, 0.6) is 11.6 Å². The molecule has 0 radical (unpaired) electrons. The van der Waals surface area contributed by atoms with Crippen molar-refractivity contribution in [1.29, 1.82) is 0 Å². The zero-order valence-electron chi connectivity index (χ0n) is 8.15. The number of nitrogen functional groups attached to an aromatic ring is 1. The van der Waals surface area contributed by atoms with Crippen molar-refractivity contribution >= 4 is 5.82 Å². The number of nitrogens with zero attached hydrogens (tertiary/aromatic N) is 1. The summed E-state index contributed by atoms with van der Waals surface area (Å²) in [6.07, 6.45) is 0. The van der Waals surface area contributed by atoms with E-state index in [0.717, 1.165) is 12.1 Å². The van der Waals surface area contributed by atoms with Crippen LogP contribution in [0.4, 0.5) is 14.6 Å². The first-order chi connectivity index (χ1) is 7.65. The minimum Gasteiger partial charge on any atom is -0.439 e. The highest BCUT2D eigenvalue weighted by Gasteiger charge is 2.04. The van der Waals surface area contributed by atoms with Crippen LogP contribution in [0.2, 0.25) is 0 Å². The van der Waals surface area contributed by atoms with E-state index in [4.69, 9.17) is 10.5 Å². The molecule has 0 amide bonds. The van der Waals surface area contributed by atoms with E-state index in [1.807, 2.05) is 0 Å². The third kappa shape index (κ3) is 2.25. The monoisotopic (exact) mass is 222 g/mol. The molecule has 0 aliphatic heterocycles. The molecule has 82 valence electrons. The number of anilines is 1. The molecule has 1 aromatic carbocycles. The number of pyridine rings is 1. The Labute approximate surface area is 90.5 Å². The molecule has 0 fully saturated rings. The van der Waals surface area contributed by atoms with Gasteiger partial charge in [0.1, 0.15) is 11.6 Å². The van der Waals surface area contributed by atoms with Crippen LogP contribution >= 0.6 is 0 Å². The average molecular weight is 222 g/mol. The SMILES string of the molecule is Nc1cccc(Oc2ccc(F)c(F)c2)n1. The van der Waals surface area contributed by atoms with E-state index in [9.17, 15) is 8.78 Å². The lowest BCUT2D eigenvalue weighted by Crippen LogP contribution is -1.93. The van der Waals surface area contributed by atoms with E-state index in [1.165, 1.54) is 6.07 Å². The van der Waals surface area contributed by atoms with Crippen LogP contribution in [0.3, 0.4) is 0 Å². The fourth-order valence-electron chi connectivity index (χ4n) is 1.15. The molecule has 1 heterocycles. The average Bonchev–Trinajstić information content (AvgIpc) is 2.24. The molecule has 2 aromatic rings. The molecule has 0 bridgehead atoms. The van der Waals surface area contributed by atoms with E-state index < -0.39 is 11.6 Å². The lowest BCUT2D eigenvalue weighted by Gasteiger charge is -2.05. The summed E-state index contributed by atoms with van der Waals surface area (Å²) >= 11 is 0. The minimum atomic E-state index is -0.971. The van der Waals surface area contributed by atoms with Crippen molar-refractivity contribution in [2.45, 2.75) is 0 Å². The highest BCUT2D eigenvalue weighted by atomic mass is 19.2. The minimum absolute atomic E-state index is 0.164. The lowest BCUT2D eigenvalue weighted by molar-refractivity contribution is 0.448. The molecule has 0 spiro atoms. The van der Waals surface area contributed by atoms with Crippen LogP contribution in [0.15, 0.2) is 36.4 Å². The van der Waals surface area contributed by atoms with Gasteiger partial charge in [-0.25, -0.2) is 8.78 Å². The fraction of sp³-hybridized carbons (Fsp3) is 0. The molecule has 0 atom stereocenters. The molecular weight excluding hydrogens is 214 g/mol. The van der Waals surface area contributed by atoms with Gasteiger partial charge in [0.25, 0.3) is 0 Å². The van der Waals surface area contributed by atoms with Gasteiger partial charge in [-0.05, 0) is 18.2 Å². The van der Waals surface area contributed by atoms with Gasteiger partial charge < -0.3 is 10.5 Å². The normalized spacial score (nSPS) is 10.1. The van der Waals surface area contributed by atoms with Gasteiger partial charge in [-0.2, -0.15) is 4.98 Å². The van der Waals surface area contributed by atoms with Gasteiger partial charge in [0.15, 0.2) is 11.6 Å². The highest BCUT2D eigenvalue weighted by Crippen LogP contribution is 2.21. The molecule has 16 heavy (non-hydrogen) atoms. The molecule has 2 rings (SSSR count). The van der Waals surface area contributed by atoms with E-state index in [-0.39, 0.29) is 11.6 Å². The Balaban J connectivity index is 2.24. The summed E-state index contributed by atoms with van der Waals surface area (Å²) in [5.41, 5.74) is 5.44. The second-order valence-electron chi connectivity index (χ2n) is 3.08. The first-order valence-corrected chi connectivity index (χ1v) is 4.50. The van der Waals surface area contributed by atoms with Crippen molar-refractivity contribution in [3.8, 4) is 11.6 Å². The summed E-state index contributed by atoms with van der Waals surface area (Å²) in [5, 5.41) is 0. The van der Waals surface area contributed by atoms with Crippen molar-refractivity contribution < 1.29 is 13.5 Å². The van der Waals surface area contributed by atoms with Gasteiger partial charge in [0.05, 0.1) is 0 Å². The second-order valence-corrected chi connectivity index (χ2v) is 3.08. The van der Waals surface area contributed by atoms with Crippen molar-refractivity contribution in [1.82, 2.24) is 4.98 Å². The molecule has 0 saturated heterocycles. The van der Waals surface area contributed by atoms with Gasteiger partial charge in [0, 0.05) is 12.1 Å². The number of aromatic nitrogens is 1. The standard InChI is InChI=1S/C11H8F2N2O/c12-8-5-4-7(6-9(8)13)16-11-3-1-2-10(14)15-11/h1-6H,(H2,14,15). The summed E-state index contributed by atoms with van der Waals surface area (Å²) < 4.78 is 30.7. The molecule has 2 N–H and O–H groups in total. The van der Waals surface area contributed by atoms with Crippen LogP contribution in [0.25, 0.3) is 0 Å². The van der Waals surface area contributed by atoms with Gasteiger partial charge in [-0.3, -0.25) is 0 Å². The maximum atomic E-state index is 12.9. The quantitative estimate of drug-likeness (QED) is 0.849. The summed E-state index contributed by atoms with van der Waals surface area (Å²) in [6, 6.07) is 8.05. The number of benzene rings is 1. The molecule has 0 aliphatic rings. The number of ether oxygens (including phenoxy) is 1. The number of rotatable bonds is 2. The second kappa shape index (κ2) is 4.14. The van der Waals surface area contributed by atoms with Crippen molar-refractivity contribution in [2.75, 3.05) is 5.73 Å². The maximum absolute atomic E-state index is 12.9. The molecule has 3 nitrogen and oxygen atoms in total. The summed E-state index contributed by atoms with van der Waals surface area (Å²) in [6.45, 7) is 0. The Morgan fingerprint density at radius 1 is 1.06 bits per heavy atom. The maximum Gasteiger partial charge on any atom is 0.221 e. The summed E-state index contributed by atoms with van der Waals surface area (Å²) in [7, 11) is 0. The smallest absolute Gasteiger partial charge is 0.221 e. The third-order valence-corrected chi connectivity index (χ3v) is 1.86. The summed E-state index contributed by atoms with van der Waals surface area (Å²) in [4.78, 5) is 3.86. The first-order valence-electron chi connectivity index (χ1n) is 4.50.